The van der Waals surface area contributed by atoms with E-state index in [9.17, 15) is 13.2 Å². The largest absolute Gasteiger partial charge is 0.451 e. The molecule has 0 saturated carbocycles. The number of hydrogen-bond donors (Lipinski definition) is 1. The van der Waals surface area contributed by atoms with Gasteiger partial charge in [0.15, 0.2) is 0 Å². The molecule has 0 aromatic carbocycles. The number of nitrogens with zero attached hydrogens (tertiary/aromatic N) is 3. The molecule has 0 aliphatic carbocycles. The van der Waals surface area contributed by atoms with Crippen LogP contribution < -0.4 is 10.2 Å². The van der Waals surface area contributed by atoms with E-state index in [1.165, 1.54) is 0 Å². The summed E-state index contributed by atoms with van der Waals surface area (Å²) in [6.07, 6.45) is -3.54. The summed E-state index contributed by atoms with van der Waals surface area (Å²) >= 11 is 0. The minimum Gasteiger partial charge on any atom is -0.373 e. The van der Waals surface area contributed by atoms with E-state index in [0.29, 0.717) is 17.7 Å². The van der Waals surface area contributed by atoms with Gasteiger partial charge in [-0.25, -0.2) is 9.97 Å². The van der Waals surface area contributed by atoms with E-state index in [4.69, 9.17) is 0 Å². The average molecular weight is 288 g/mol. The Balaban J connectivity index is 2.28. The Morgan fingerprint density at radius 2 is 2.05 bits per heavy atom. The number of nitrogens with one attached hydrogen (secondary N) is 1. The average Bonchev–Trinajstić information content (AvgIpc) is 2.87. The molecule has 0 amide bonds. The van der Waals surface area contributed by atoms with Gasteiger partial charge >= 0.3 is 6.18 Å². The molecule has 112 valence electrons. The molecule has 1 aromatic heterocycles. The Morgan fingerprint density at radius 3 is 2.55 bits per heavy atom. The molecule has 1 aliphatic rings. The summed E-state index contributed by atoms with van der Waals surface area (Å²) in [5.74, 6) is 0.465. The third-order valence-corrected chi connectivity index (χ3v) is 3.71. The molecule has 2 heterocycles. The zero-order chi connectivity index (χ0) is 14.9. The van der Waals surface area contributed by atoms with E-state index < -0.39 is 12.0 Å². The van der Waals surface area contributed by atoms with Crippen LogP contribution in [0, 0.1) is 11.8 Å². The monoisotopic (exact) mass is 288 g/mol. The molecule has 1 unspecified atom stereocenters. The highest BCUT2D eigenvalue weighted by atomic mass is 19.4. The van der Waals surface area contributed by atoms with Crippen molar-refractivity contribution >= 4 is 11.6 Å². The van der Waals surface area contributed by atoms with Gasteiger partial charge in [-0.3, -0.25) is 0 Å². The van der Waals surface area contributed by atoms with Crippen LogP contribution in [0.3, 0.4) is 0 Å². The Labute approximate surface area is 116 Å². The first-order chi connectivity index (χ1) is 9.31. The normalized spacial score (nSPS) is 19.8. The van der Waals surface area contributed by atoms with Gasteiger partial charge in [-0.2, -0.15) is 13.2 Å². The second-order valence-electron chi connectivity index (χ2n) is 5.42. The summed E-state index contributed by atoms with van der Waals surface area (Å²) < 4.78 is 38.4. The zero-order valence-electron chi connectivity index (χ0n) is 11.8. The summed E-state index contributed by atoms with van der Waals surface area (Å²) in [5.41, 5.74) is 0. The predicted molar refractivity (Wildman–Crippen MR) is 71.7 cm³/mol. The van der Waals surface area contributed by atoms with Crippen LogP contribution in [0.1, 0.15) is 26.1 Å². The number of anilines is 2. The number of halogens is 3. The van der Waals surface area contributed by atoms with E-state index >= 15 is 0 Å². The van der Waals surface area contributed by atoms with Gasteiger partial charge < -0.3 is 10.2 Å². The lowest BCUT2D eigenvalue weighted by Crippen LogP contribution is -2.24. The summed E-state index contributed by atoms with van der Waals surface area (Å²) in [4.78, 5) is 9.06. The van der Waals surface area contributed by atoms with E-state index in [1.54, 1.807) is 13.1 Å². The first-order valence-electron chi connectivity index (χ1n) is 6.70. The molecule has 4 nitrogen and oxygen atoms in total. The SMILES string of the molecule is CNc1cc(N2CCC(C(C)C)C2)nc(C(F)(F)F)n1. The standard InChI is InChI=1S/C13H19F3N4/c1-8(2)9-4-5-20(7-9)11-6-10(17-3)18-12(19-11)13(14,15)16/h6,8-9H,4-5,7H2,1-3H3,(H,17,18,19). The zero-order valence-corrected chi connectivity index (χ0v) is 11.8. The lowest BCUT2D eigenvalue weighted by Gasteiger charge is -2.20. The second-order valence-corrected chi connectivity index (χ2v) is 5.42. The molecule has 7 heteroatoms. The first kappa shape index (κ1) is 14.9. The molecule has 1 fully saturated rings. The molecule has 1 aliphatic heterocycles. The molecular weight excluding hydrogens is 269 g/mol. The maximum atomic E-state index is 12.8. The topological polar surface area (TPSA) is 41.0 Å². The van der Waals surface area contributed by atoms with Gasteiger partial charge in [0.05, 0.1) is 0 Å². The van der Waals surface area contributed by atoms with Crippen LogP contribution >= 0.6 is 0 Å². The third kappa shape index (κ3) is 3.13. The van der Waals surface area contributed by atoms with Gasteiger partial charge in [-0.15, -0.1) is 0 Å². The van der Waals surface area contributed by atoms with Gasteiger partial charge in [0, 0.05) is 26.2 Å². The summed E-state index contributed by atoms with van der Waals surface area (Å²) in [7, 11) is 1.55. The molecule has 20 heavy (non-hydrogen) atoms. The van der Waals surface area contributed by atoms with Crippen molar-refractivity contribution in [1.29, 1.82) is 0 Å². The van der Waals surface area contributed by atoms with Crippen molar-refractivity contribution in [3.63, 3.8) is 0 Å². The van der Waals surface area contributed by atoms with Crippen LogP contribution in [0.15, 0.2) is 6.07 Å². The third-order valence-electron chi connectivity index (χ3n) is 3.71. The summed E-state index contributed by atoms with van der Waals surface area (Å²) in [5, 5.41) is 2.66. The van der Waals surface area contributed by atoms with Gasteiger partial charge in [-0.05, 0) is 18.3 Å². The van der Waals surface area contributed by atoms with Crippen LogP contribution in [-0.2, 0) is 6.18 Å². The molecule has 0 spiro atoms. The summed E-state index contributed by atoms with van der Waals surface area (Å²) in [6.45, 7) is 5.75. The Hall–Kier alpha value is -1.53. The fourth-order valence-electron chi connectivity index (χ4n) is 2.39. The van der Waals surface area contributed by atoms with Crippen molar-refractivity contribution in [2.24, 2.45) is 11.8 Å². The van der Waals surface area contributed by atoms with Crippen molar-refractivity contribution in [2.75, 3.05) is 30.4 Å². The summed E-state index contributed by atoms with van der Waals surface area (Å²) in [6, 6.07) is 1.57. The van der Waals surface area contributed by atoms with Gasteiger partial charge in [0.25, 0.3) is 0 Å². The number of aromatic nitrogens is 2. The fourth-order valence-corrected chi connectivity index (χ4v) is 2.39. The van der Waals surface area contributed by atoms with E-state index in [2.05, 4.69) is 29.1 Å². The predicted octanol–water partition coefficient (Wildman–Crippen LogP) is 3.02. The lowest BCUT2D eigenvalue weighted by atomic mass is 9.95. The van der Waals surface area contributed by atoms with E-state index in [0.717, 1.165) is 19.5 Å². The lowest BCUT2D eigenvalue weighted by molar-refractivity contribution is -0.144. The van der Waals surface area contributed by atoms with E-state index in [1.807, 2.05) is 4.90 Å². The molecule has 2 rings (SSSR count). The number of hydrogen-bond acceptors (Lipinski definition) is 4. The number of rotatable bonds is 3. The van der Waals surface area contributed by atoms with Crippen molar-refractivity contribution in [3.8, 4) is 0 Å². The highest BCUT2D eigenvalue weighted by Crippen LogP contribution is 2.32. The minimum atomic E-state index is -4.53. The Bertz CT molecular complexity index is 473. The Kier molecular flexibility index (Phi) is 4.06. The van der Waals surface area contributed by atoms with Crippen molar-refractivity contribution in [1.82, 2.24) is 9.97 Å². The van der Waals surface area contributed by atoms with Gasteiger partial charge in [0.1, 0.15) is 11.6 Å². The second kappa shape index (κ2) is 5.46. The molecule has 0 radical (unpaired) electrons. The fraction of sp³-hybridized carbons (Fsp3) is 0.692. The minimum absolute atomic E-state index is 0.190. The quantitative estimate of drug-likeness (QED) is 0.928. The molecular formula is C13H19F3N4. The molecule has 1 aromatic rings. The van der Waals surface area contributed by atoms with Crippen LogP contribution in [0.25, 0.3) is 0 Å². The van der Waals surface area contributed by atoms with Crippen molar-refractivity contribution in [3.05, 3.63) is 11.9 Å². The molecule has 1 atom stereocenters. The smallest absolute Gasteiger partial charge is 0.373 e. The maximum absolute atomic E-state index is 12.8. The Morgan fingerprint density at radius 1 is 1.35 bits per heavy atom. The molecule has 0 bridgehead atoms. The van der Waals surface area contributed by atoms with Gasteiger partial charge in [-0.1, -0.05) is 13.8 Å². The van der Waals surface area contributed by atoms with Crippen LogP contribution in [0.4, 0.5) is 24.8 Å². The maximum Gasteiger partial charge on any atom is 0.451 e. The van der Waals surface area contributed by atoms with Crippen LogP contribution in [0.5, 0.6) is 0 Å². The van der Waals surface area contributed by atoms with Gasteiger partial charge in [0.2, 0.25) is 5.82 Å². The molecule has 1 N–H and O–H groups in total. The first-order valence-corrected chi connectivity index (χ1v) is 6.70. The van der Waals surface area contributed by atoms with Crippen LogP contribution in [-0.4, -0.2) is 30.1 Å². The molecule has 1 saturated heterocycles. The van der Waals surface area contributed by atoms with E-state index in [-0.39, 0.29) is 5.82 Å². The highest BCUT2D eigenvalue weighted by Gasteiger charge is 2.36. The van der Waals surface area contributed by atoms with Crippen LogP contribution in [0.2, 0.25) is 0 Å². The van der Waals surface area contributed by atoms with Crippen molar-refractivity contribution < 1.29 is 13.2 Å². The van der Waals surface area contributed by atoms with Crippen molar-refractivity contribution in [2.45, 2.75) is 26.4 Å². The number of alkyl halides is 3. The highest BCUT2D eigenvalue weighted by molar-refractivity contribution is 5.50.